The van der Waals surface area contributed by atoms with Gasteiger partial charge in [0.25, 0.3) is 0 Å². The number of halogens is 2. The standard InChI is InChI=1S/C23H29BrFN6O7P/c1-3-11-35-20(33)13(2)30-39(34,38-14-7-5-4-6-8-14)36-12-16-17(32)23(24,25)21(37-16)31-10-9-15-18(26)28-22(27)29-19(15)31/h4-10,13,16-17,21,32H,3,11-12H2,1-2H3,(H,30,34)(H4,26,27,28,29)/t13-,16+,17?,21+,23+,39?/m0/s1. The largest absolute Gasteiger partial charge is 0.465 e. The molecule has 0 saturated carbocycles. The summed E-state index contributed by atoms with van der Waals surface area (Å²) in [4.78, 5) is 20.3. The number of aliphatic hydroxyl groups is 1. The van der Waals surface area contributed by atoms with Gasteiger partial charge in [0.15, 0.2) is 6.23 Å². The number of nitrogens with zero attached hydrogens (tertiary/aromatic N) is 3. The zero-order valence-electron chi connectivity index (χ0n) is 21.1. The molecule has 1 saturated heterocycles. The van der Waals surface area contributed by atoms with Crippen molar-refractivity contribution in [2.24, 2.45) is 0 Å². The van der Waals surface area contributed by atoms with Crippen LogP contribution in [0.2, 0.25) is 0 Å². The van der Waals surface area contributed by atoms with Crippen LogP contribution in [-0.4, -0.2) is 61.7 Å². The molecule has 1 fully saturated rings. The molecule has 39 heavy (non-hydrogen) atoms. The van der Waals surface area contributed by atoms with Crippen LogP contribution in [0.3, 0.4) is 0 Å². The van der Waals surface area contributed by atoms with Gasteiger partial charge in [-0.25, -0.2) is 8.96 Å². The van der Waals surface area contributed by atoms with Crippen LogP contribution < -0.4 is 21.1 Å². The molecular formula is C23H29BrFN6O7P. The van der Waals surface area contributed by atoms with E-state index in [1.54, 1.807) is 24.3 Å². The molecule has 1 aliphatic rings. The molecule has 0 aliphatic carbocycles. The van der Waals surface area contributed by atoms with Crippen LogP contribution in [-0.2, 0) is 23.4 Å². The summed E-state index contributed by atoms with van der Waals surface area (Å²) >= 11 is 2.92. The lowest BCUT2D eigenvalue weighted by atomic mass is 10.1. The number of hydrogen-bond acceptors (Lipinski definition) is 11. The highest BCUT2D eigenvalue weighted by molar-refractivity contribution is 9.10. The normalized spacial score (nSPS) is 25.3. The molecule has 3 heterocycles. The summed E-state index contributed by atoms with van der Waals surface area (Å²) in [5.41, 5.74) is 11.8. The lowest BCUT2D eigenvalue weighted by molar-refractivity contribution is -0.145. The number of alkyl halides is 2. The molecule has 0 bridgehead atoms. The highest BCUT2D eigenvalue weighted by Gasteiger charge is 2.57. The highest BCUT2D eigenvalue weighted by atomic mass is 79.9. The lowest BCUT2D eigenvalue weighted by Gasteiger charge is -2.24. The Morgan fingerprint density at radius 2 is 2.05 bits per heavy atom. The van der Waals surface area contributed by atoms with Crippen LogP contribution in [0.1, 0.15) is 26.5 Å². The Morgan fingerprint density at radius 1 is 1.33 bits per heavy atom. The van der Waals surface area contributed by atoms with Gasteiger partial charge in [-0.2, -0.15) is 15.1 Å². The molecule has 0 spiro atoms. The Labute approximate surface area is 231 Å². The van der Waals surface area contributed by atoms with Crippen molar-refractivity contribution in [1.82, 2.24) is 19.6 Å². The highest BCUT2D eigenvalue weighted by Crippen LogP contribution is 2.50. The average Bonchev–Trinajstić information content (AvgIpc) is 3.39. The van der Waals surface area contributed by atoms with E-state index in [1.807, 2.05) is 6.92 Å². The Kier molecular flexibility index (Phi) is 8.78. The van der Waals surface area contributed by atoms with Crippen LogP contribution in [0.15, 0.2) is 42.6 Å². The van der Waals surface area contributed by atoms with Gasteiger partial charge in [-0.15, -0.1) is 0 Å². The Morgan fingerprint density at radius 3 is 2.74 bits per heavy atom. The van der Waals surface area contributed by atoms with Gasteiger partial charge in [0.1, 0.15) is 35.5 Å². The molecule has 16 heteroatoms. The third kappa shape index (κ3) is 6.34. The molecular weight excluding hydrogens is 602 g/mol. The van der Waals surface area contributed by atoms with Gasteiger partial charge in [0.05, 0.1) is 18.6 Å². The first-order valence-corrected chi connectivity index (χ1v) is 14.3. The summed E-state index contributed by atoms with van der Waals surface area (Å²) < 4.78 is 50.3. The second kappa shape index (κ2) is 11.7. The van der Waals surface area contributed by atoms with Gasteiger partial charge in [0.2, 0.25) is 10.5 Å². The van der Waals surface area contributed by atoms with E-state index in [0.29, 0.717) is 11.8 Å². The molecule has 212 valence electrons. The van der Waals surface area contributed by atoms with Crippen LogP contribution in [0.5, 0.6) is 5.75 Å². The minimum Gasteiger partial charge on any atom is -0.465 e. The van der Waals surface area contributed by atoms with Crippen LogP contribution in [0.25, 0.3) is 11.0 Å². The van der Waals surface area contributed by atoms with Crippen molar-refractivity contribution in [1.29, 1.82) is 0 Å². The second-order valence-electron chi connectivity index (χ2n) is 8.79. The number of benzene rings is 1. The van der Waals surface area contributed by atoms with Gasteiger partial charge >= 0.3 is 13.7 Å². The number of ether oxygens (including phenoxy) is 2. The Bertz CT molecular complexity index is 1360. The van der Waals surface area contributed by atoms with Crippen LogP contribution in [0, 0.1) is 0 Å². The van der Waals surface area contributed by atoms with Gasteiger partial charge in [-0.05, 0) is 47.5 Å². The molecule has 0 amide bonds. The summed E-state index contributed by atoms with van der Waals surface area (Å²) in [5, 5.41) is 13.7. The molecule has 6 atom stereocenters. The monoisotopic (exact) mass is 630 g/mol. The fourth-order valence-corrected chi connectivity index (χ4v) is 5.99. The van der Waals surface area contributed by atoms with E-state index in [9.17, 15) is 14.5 Å². The van der Waals surface area contributed by atoms with Crippen molar-refractivity contribution in [2.75, 3.05) is 24.7 Å². The van der Waals surface area contributed by atoms with Crippen molar-refractivity contribution in [3.8, 4) is 5.75 Å². The summed E-state index contributed by atoms with van der Waals surface area (Å²) in [7, 11) is -4.28. The fraction of sp³-hybridized carbons (Fsp3) is 0.435. The van der Waals surface area contributed by atoms with Crippen molar-refractivity contribution in [3.05, 3.63) is 42.6 Å². The second-order valence-corrected chi connectivity index (χ2v) is 11.7. The number of nitrogens with one attached hydrogen (secondary N) is 1. The first-order valence-electron chi connectivity index (χ1n) is 12.0. The SMILES string of the molecule is CCCOC(=O)[C@H](C)NP(=O)(OC[C@H]1O[C@@H](n2ccc3c(N)nc(N)nc32)[C@@](F)(Br)C1O)Oc1ccccc1. The van der Waals surface area contributed by atoms with E-state index in [4.69, 9.17) is 30.0 Å². The van der Waals surface area contributed by atoms with Crippen molar-refractivity contribution in [3.63, 3.8) is 0 Å². The van der Waals surface area contributed by atoms with E-state index >= 15 is 4.39 Å². The van der Waals surface area contributed by atoms with Crippen molar-refractivity contribution in [2.45, 2.75) is 49.3 Å². The topological polar surface area (TPSA) is 186 Å². The van der Waals surface area contributed by atoms with Crippen molar-refractivity contribution >= 4 is 52.4 Å². The number of hydrogen-bond donors (Lipinski definition) is 4. The molecule has 2 aromatic heterocycles. The maximum Gasteiger partial charge on any atom is 0.459 e. The lowest BCUT2D eigenvalue weighted by Crippen LogP contribution is -2.39. The van der Waals surface area contributed by atoms with E-state index < -0.39 is 49.4 Å². The number of aromatic nitrogens is 3. The van der Waals surface area contributed by atoms with Crippen molar-refractivity contribution < 1.29 is 37.4 Å². The summed E-state index contributed by atoms with van der Waals surface area (Å²) in [6.45, 7) is 2.86. The number of nitrogens with two attached hydrogens (primary N) is 2. The Balaban J connectivity index is 1.54. The van der Waals surface area contributed by atoms with Gasteiger partial charge in [-0.1, -0.05) is 25.1 Å². The minimum absolute atomic E-state index is 0.0883. The molecule has 13 nitrogen and oxygen atoms in total. The van der Waals surface area contributed by atoms with Gasteiger partial charge in [0, 0.05) is 6.20 Å². The summed E-state index contributed by atoms with van der Waals surface area (Å²) in [6, 6.07) is 8.59. The molecule has 0 radical (unpaired) electrons. The van der Waals surface area contributed by atoms with E-state index in [1.165, 1.54) is 29.8 Å². The molecule has 1 aliphatic heterocycles. The molecule has 1 aromatic carbocycles. The number of nitrogen functional groups attached to an aromatic ring is 2. The van der Waals surface area contributed by atoms with Gasteiger partial charge < -0.3 is 35.1 Å². The van der Waals surface area contributed by atoms with E-state index in [-0.39, 0.29) is 29.8 Å². The van der Waals surface area contributed by atoms with Crippen LogP contribution >= 0.6 is 23.7 Å². The molecule has 6 N–H and O–H groups in total. The fourth-order valence-electron chi connectivity index (χ4n) is 3.87. The summed E-state index contributed by atoms with van der Waals surface area (Å²) in [5.74, 6) is -0.528. The molecule has 4 rings (SSSR count). The smallest absolute Gasteiger partial charge is 0.459 e. The quantitative estimate of drug-likeness (QED) is 0.138. The predicted octanol–water partition coefficient (Wildman–Crippen LogP) is 3.05. The number of fused-ring (bicyclic) bond motifs is 1. The third-order valence-electron chi connectivity index (χ3n) is 5.78. The Hall–Kier alpha value is -2.81. The zero-order chi connectivity index (χ0) is 28.4. The van der Waals surface area contributed by atoms with E-state index in [2.05, 4.69) is 31.0 Å². The maximum atomic E-state index is 15.8. The predicted molar refractivity (Wildman–Crippen MR) is 144 cm³/mol. The van der Waals surface area contributed by atoms with E-state index in [0.717, 1.165) is 0 Å². The van der Waals surface area contributed by atoms with Crippen LogP contribution in [0.4, 0.5) is 16.2 Å². The average molecular weight is 631 g/mol. The number of anilines is 2. The first kappa shape index (κ1) is 29.2. The number of carbonyl (C=O) groups excluding carboxylic acids is 1. The van der Waals surface area contributed by atoms with Gasteiger partial charge in [-0.3, -0.25) is 9.32 Å². The summed E-state index contributed by atoms with van der Waals surface area (Å²) in [6.07, 6.45) is -2.50. The number of carbonyl (C=O) groups is 1. The maximum absolute atomic E-state index is 15.8. The molecule has 2 unspecified atom stereocenters. The number of esters is 1. The third-order valence-corrected chi connectivity index (χ3v) is 8.29. The molecule has 3 aromatic rings. The first-order chi connectivity index (χ1) is 18.4. The minimum atomic E-state index is -4.28. The number of rotatable bonds is 11. The zero-order valence-corrected chi connectivity index (χ0v) is 23.5. The number of para-hydroxylation sites is 1. The number of aliphatic hydroxyl groups excluding tert-OH is 1.